The summed E-state index contributed by atoms with van der Waals surface area (Å²) in [4.78, 5) is 11.9. The molecule has 2 heteroatoms. The molecular weight excluding hydrogens is 212 g/mol. The van der Waals surface area contributed by atoms with Gasteiger partial charge in [0, 0.05) is 12.3 Å². The van der Waals surface area contributed by atoms with Crippen molar-refractivity contribution in [3.8, 4) is 0 Å². The minimum Gasteiger partial charge on any atom is -0.389 e. The summed E-state index contributed by atoms with van der Waals surface area (Å²) < 4.78 is 0. The van der Waals surface area contributed by atoms with Gasteiger partial charge in [-0.05, 0) is 43.9 Å². The van der Waals surface area contributed by atoms with Crippen molar-refractivity contribution in [2.75, 3.05) is 0 Å². The van der Waals surface area contributed by atoms with E-state index in [2.05, 4.69) is 13.5 Å². The molecular formula is C15H24O2. The Bertz CT molecular complexity index is 360. The first-order chi connectivity index (χ1) is 7.80. The van der Waals surface area contributed by atoms with Crippen molar-refractivity contribution >= 4 is 5.78 Å². The van der Waals surface area contributed by atoms with E-state index in [9.17, 15) is 9.90 Å². The monoisotopic (exact) mass is 236 g/mol. The van der Waals surface area contributed by atoms with Gasteiger partial charge >= 0.3 is 0 Å². The second-order valence-electron chi connectivity index (χ2n) is 6.46. The summed E-state index contributed by atoms with van der Waals surface area (Å²) in [6.45, 7) is 10.1. The summed E-state index contributed by atoms with van der Waals surface area (Å²) in [7, 11) is 0. The molecule has 17 heavy (non-hydrogen) atoms. The van der Waals surface area contributed by atoms with Crippen molar-refractivity contribution in [3.63, 3.8) is 0 Å². The first kappa shape index (κ1) is 12.8. The molecule has 0 amide bonds. The molecule has 0 aromatic heterocycles. The molecule has 96 valence electrons. The van der Waals surface area contributed by atoms with Gasteiger partial charge in [0.2, 0.25) is 0 Å². The molecule has 2 fully saturated rings. The van der Waals surface area contributed by atoms with Gasteiger partial charge in [0.1, 0.15) is 5.78 Å². The van der Waals surface area contributed by atoms with E-state index >= 15 is 0 Å². The van der Waals surface area contributed by atoms with Crippen LogP contribution in [0.3, 0.4) is 0 Å². The van der Waals surface area contributed by atoms with E-state index < -0.39 is 5.60 Å². The zero-order valence-corrected chi connectivity index (χ0v) is 11.3. The fourth-order valence-electron chi connectivity index (χ4n) is 3.78. The number of hydrogen-bond donors (Lipinski definition) is 1. The molecule has 0 unspecified atom stereocenters. The number of ketones is 1. The van der Waals surface area contributed by atoms with Crippen molar-refractivity contribution in [3.05, 3.63) is 12.2 Å². The number of allylic oxidation sites excluding steroid dienone is 1. The number of rotatable bonds is 1. The lowest BCUT2D eigenvalue weighted by molar-refractivity contribution is -0.180. The Hall–Kier alpha value is -0.630. The first-order valence-electron chi connectivity index (χ1n) is 6.71. The topological polar surface area (TPSA) is 37.3 Å². The van der Waals surface area contributed by atoms with Crippen LogP contribution in [-0.2, 0) is 4.79 Å². The number of aliphatic hydroxyl groups is 1. The third-order valence-corrected chi connectivity index (χ3v) is 5.47. The van der Waals surface area contributed by atoms with Crippen LogP contribution < -0.4 is 0 Å². The average Bonchev–Trinajstić information content (AvgIpc) is 2.27. The largest absolute Gasteiger partial charge is 0.389 e. The van der Waals surface area contributed by atoms with Crippen molar-refractivity contribution in [2.24, 2.45) is 17.3 Å². The lowest BCUT2D eigenvalue weighted by Crippen LogP contribution is -2.60. The highest BCUT2D eigenvalue weighted by atomic mass is 16.3. The Morgan fingerprint density at radius 3 is 2.71 bits per heavy atom. The average molecular weight is 236 g/mol. The molecule has 4 atom stereocenters. The van der Waals surface area contributed by atoms with E-state index in [1.807, 2.05) is 13.8 Å². The fourth-order valence-corrected chi connectivity index (χ4v) is 3.78. The normalized spacial score (nSPS) is 46.5. The van der Waals surface area contributed by atoms with E-state index in [4.69, 9.17) is 0 Å². The molecule has 2 rings (SSSR count). The Morgan fingerprint density at radius 2 is 2.12 bits per heavy atom. The summed E-state index contributed by atoms with van der Waals surface area (Å²) in [6, 6.07) is 0. The Kier molecular flexibility index (Phi) is 2.97. The zero-order chi connectivity index (χ0) is 12.8. The number of fused-ring (bicyclic) bond motifs is 1. The smallest absolute Gasteiger partial charge is 0.138 e. The van der Waals surface area contributed by atoms with Gasteiger partial charge in [-0.2, -0.15) is 0 Å². The van der Waals surface area contributed by atoms with Crippen LogP contribution in [0.15, 0.2) is 12.2 Å². The second kappa shape index (κ2) is 3.94. The number of Topliss-reactive ketones (excluding diaryl/α,β-unsaturated/α-hetero) is 1. The van der Waals surface area contributed by atoms with Gasteiger partial charge in [0.05, 0.1) is 5.60 Å². The molecule has 0 aromatic rings. The zero-order valence-electron chi connectivity index (χ0n) is 11.3. The Morgan fingerprint density at radius 1 is 1.47 bits per heavy atom. The second-order valence-corrected chi connectivity index (χ2v) is 6.46. The molecule has 2 aliphatic rings. The van der Waals surface area contributed by atoms with E-state index in [0.717, 1.165) is 24.8 Å². The van der Waals surface area contributed by atoms with E-state index in [1.54, 1.807) is 0 Å². The van der Waals surface area contributed by atoms with Crippen molar-refractivity contribution < 1.29 is 9.90 Å². The maximum Gasteiger partial charge on any atom is 0.138 e. The van der Waals surface area contributed by atoms with Gasteiger partial charge < -0.3 is 5.11 Å². The van der Waals surface area contributed by atoms with Crippen LogP contribution in [-0.4, -0.2) is 16.5 Å². The first-order valence-corrected chi connectivity index (χ1v) is 6.71. The van der Waals surface area contributed by atoms with Gasteiger partial charge in [-0.15, -0.1) is 0 Å². The van der Waals surface area contributed by atoms with Gasteiger partial charge in [0.25, 0.3) is 0 Å². The van der Waals surface area contributed by atoms with E-state index in [-0.39, 0.29) is 17.1 Å². The summed E-state index contributed by atoms with van der Waals surface area (Å²) in [5.41, 5.74) is 0.252. The minimum atomic E-state index is -0.815. The number of hydrogen-bond acceptors (Lipinski definition) is 2. The predicted octanol–water partition coefficient (Wildman–Crippen LogP) is 3.10. The van der Waals surface area contributed by atoms with Gasteiger partial charge in [0.15, 0.2) is 0 Å². The maximum atomic E-state index is 11.9. The molecule has 2 saturated carbocycles. The molecule has 0 radical (unpaired) electrons. The molecule has 0 aromatic carbocycles. The van der Waals surface area contributed by atoms with Gasteiger partial charge in [-0.1, -0.05) is 26.0 Å². The Balaban J connectivity index is 2.32. The SMILES string of the molecule is C=C(C)[C@H]1CC[C@@]2(C)CCC(=O)[C@@H](C)[C@@]2(O)C1. The van der Waals surface area contributed by atoms with Crippen molar-refractivity contribution in [1.82, 2.24) is 0 Å². The molecule has 1 N–H and O–H groups in total. The minimum absolute atomic E-state index is 0.0771. The third kappa shape index (κ3) is 1.77. The van der Waals surface area contributed by atoms with Crippen molar-refractivity contribution in [2.45, 2.75) is 58.5 Å². The summed E-state index contributed by atoms with van der Waals surface area (Å²) in [6.07, 6.45) is 4.31. The van der Waals surface area contributed by atoms with Crippen LogP contribution in [0.25, 0.3) is 0 Å². The quantitative estimate of drug-likeness (QED) is 0.710. The summed E-state index contributed by atoms with van der Waals surface area (Å²) >= 11 is 0. The van der Waals surface area contributed by atoms with E-state index in [0.29, 0.717) is 18.8 Å². The molecule has 0 saturated heterocycles. The summed E-state index contributed by atoms with van der Waals surface area (Å²) in [5.74, 6) is 0.386. The van der Waals surface area contributed by atoms with Crippen LogP contribution in [0, 0.1) is 17.3 Å². The van der Waals surface area contributed by atoms with Crippen LogP contribution in [0.4, 0.5) is 0 Å². The highest BCUT2D eigenvalue weighted by molar-refractivity contribution is 5.83. The number of carbonyl (C=O) groups is 1. The molecule has 0 heterocycles. The highest BCUT2D eigenvalue weighted by Crippen LogP contribution is 2.56. The maximum absolute atomic E-state index is 11.9. The van der Waals surface area contributed by atoms with Gasteiger partial charge in [-0.25, -0.2) is 0 Å². The van der Waals surface area contributed by atoms with Crippen LogP contribution in [0.1, 0.15) is 52.9 Å². The third-order valence-electron chi connectivity index (χ3n) is 5.47. The van der Waals surface area contributed by atoms with Crippen molar-refractivity contribution in [1.29, 1.82) is 0 Å². The van der Waals surface area contributed by atoms with Crippen LogP contribution in [0.2, 0.25) is 0 Å². The fraction of sp³-hybridized carbons (Fsp3) is 0.800. The highest BCUT2D eigenvalue weighted by Gasteiger charge is 2.57. The van der Waals surface area contributed by atoms with Crippen LogP contribution in [0.5, 0.6) is 0 Å². The number of carbonyl (C=O) groups excluding carboxylic acids is 1. The molecule has 2 nitrogen and oxygen atoms in total. The summed E-state index contributed by atoms with van der Waals surface area (Å²) in [5, 5.41) is 11.0. The lowest BCUT2D eigenvalue weighted by Gasteiger charge is -2.56. The van der Waals surface area contributed by atoms with Gasteiger partial charge in [-0.3, -0.25) is 4.79 Å². The Labute approximate surface area is 104 Å². The van der Waals surface area contributed by atoms with E-state index in [1.165, 1.54) is 0 Å². The lowest BCUT2D eigenvalue weighted by atomic mass is 9.51. The standard InChI is InChI=1S/C15H24O2/c1-10(2)12-5-7-14(4)8-6-13(16)11(3)15(14,17)9-12/h11-12,17H,1,5-9H2,2-4H3/t11-,12+,14+,15+/m1/s1. The molecule has 0 bridgehead atoms. The molecule has 0 aliphatic heterocycles. The molecule has 0 spiro atoms. The van der Waals surface area contributed by atoms with Crippen LogP contribution >= 0.6 is 0 Å². The molecule has 2 aliphatic carbocycles. The predicted molar refractivity (Wildman–Crippen MR) is 68.6 cm³/mol.